The lowest BCUT2D eigenvalue weighted by Crippen LogP contribution is -2.55. The Morgan fingerprint density at radius 2 is 1.58 bits per heavy atom. The summed E-state index contributed by atoms with van der Waals surface area (Å²) in [6.45, 7) is 0. The van der Waals surface area contributed by atoms with Crippen molar-refractivity contribution < 1.29 is 19.1 Å². The number of fused-ring (bicyclic) bond motifs is 4. The van der Waals surface area contributed by atoms with Gasteiger partial charge in [-0.2, -0.15) is 5.10 Å². The lowest BCUT2D eigenvalue weighted by Gasteiger charge is -2.25. The van der Waals surface area contributed by atoms with Crippen LogP contribution in [-0.2, 0) is 47.1 Å². The molecule has 5 rings (SSSR count). The predicted octanol–water partition coefficient (Wildman–Crippen LogP) is 3.44. The van der Waals surface area contributed by atoms with Crippen molar-refractivity contribution in [2.24, 2.45) is 12.8 Å². The van der Waals surface area contributed by atoms with Crippen LogP contribution in [0.5, 0.6) is 11.5 Å². The maximum absolute atomic E-state index is 13.8. The largest absolute Gasteiger partial charge is 0.457 e. The number of rotatable bonds is 7. The summed E-state index contributed by atoms with van der Waals surface area (Å²) in [4.78, 5) is 40.6. The minimum absolute atomic E-state index is 0.109. The Balaban J connectivity index is 1.44. The summed E-state index contributed by atoms with van der Waals surface area (Å²) in [6.07, 6.45) is 5.80. The Hall–Kier alpha value is -4.76. The summed E-state index contributed by atoms with van der Waals surface area (Å²) in [5.41, 5.74) is 9.98. The van der Waals surface area contributed by atoms with Crippen LogP contribution >= 0.6 is 0 Å². The van der Waals surface area contributed by atoms with Crippen LogP contribution in [-0.4, -0.2) is 45.5 Å². The molecule has 3 aromatic carbocycles. The summed E-state index contributed by atoms with van der Waals surface area (Å²) in [5.74, 6) is 0.265. The van der Waals surface area contributed by atoms with Crippen LogP contribution in [0.1, 0.15) is 35.1 Å². The van der Waals surface area contributed by atoms with Crippen molar-refractivity contribution in [3.05, 3.63) is 114 Å². The molecule has 43 heavy (non-hydrogen) atoms. The Morgan fingerprint density at radius 1 is 0.884 bits per heavy atom. The number of hydrogen-bond donors (Lipinski definition) is 3. The number of nitrogens with two attached hydrogens (primary N) is 1. The Bertz CT molecular complexity index is 1570. The number of aromatic nitrogens is 2. The number of amides is 2. The highest BCUT2D eigenvalue weighted by Crippen LogP contribution is 2.25. The summed E-state index contributed by atoms with van der Waals surface area (Å²) in [5, 5.41) is 10.0. The first-order chi connectivity index (χ1) is 20.8. The molecule has 4 bridgehead atoms. The average Bonchev–Trinajstić information content (AvgIpc) is 3.42. The molecule has 0 saturated heterocycles. The molecule has 1 aromatic heterocycles. The Labute approximate surface area is 251 Å². The van der Waals surface area contributed by atoms with Gasteiger partial charge in [-0.15, -0.1) is 0 Å². The molecular weight excluding hydrogens is 542 g/mol. The van der Waals surface area contributed by atoms with Crippen molar-refractivity contribution in [2.45, 2.75) is 56.7 Å². The van der Waals surface area contributed by atoms with Gasteiger partial charge in [-0.1, -0.05) is 54.6 Å². The number of ketones is 1. The van der Waals surface area contributed by atoms with Crippen molar-refractivity contribution in [1.29, 1.82) is 0 Å². The van der Waals surface area contributed by atoms with Gasteiger partial charge in [0, 0.05) is 19.7 Å². The Morgan fingerprint density at radius 3 is 2.26 bits per heavy atom. The fourth-order valence-corrected chi connectivity index (χ4v) is 5.25. The van der Waals surface area contributed by atoms with Crippen molar-refractivity contribution >= 4 is 17.6 Å². The SMILES string of the molecule is Cn1cc(CCC(=O)[C@@H]2Cc3cccc(c3)Oc3cccc(c3)C[C@H](N)C(=O)N[C@@H](CCc3ccccc3)C(=O)N2)cn1. The zero-order valence-corrected chi connectivity index (χ0v) is 24.2. The molecule has 0 aliphatic carbocycles. The van der Waals surface area contributed by atoms with E-state index < -0.39 is 29.9 Å². The van der Waals surface area contributed by atoms with E-state index in [4.69, 9.17) is 10.5 Å². The lowest BCUT2D eigenvalue weighted by atomic mass is 9.97. The summed E-state index contributed by atoms with van der Waals surface area (Å²) >= 11 is 0. The number of carbonyl (C=O) groups excluding carboxylic acids is 3. The van der Waals surface area contributed by atoms with Crippen LogP contribution in [0, 0.1) is 0 Å². The van der Waals surface area contributed by atoms with Crippen molar-refractivity contribution in [2.75, 3.05) is 0 Å². The van der Waals surface area contributed by atoms with Crippen LogP contribution in [0.15, 0.2) is 91.3 Å². The number of nitrogens with one attached hydrogen (secondary N) is 2. The molecule has 9 heteroatoms. The zero-order chi connectivity index (χ0) is 30.2. The molecule has 2 heterocycles. The van der Waals surface area contributed by atoms with E-state index in [0.717, 1.165) is 22.3 Å². The quantitative estimate of drug-likeness (QED) is 0.308. The molecule has 0 fully saturated rings. The van der Waals surface area contributed by atoms with E-state index in [9.17, 15) is 14.4 Å². The summed E-state index contributed by atoms with van der Waals surface area (Å²) in [6, 6.07) is 22.2. The number of ether oxygens (including phenoxy) is 1. The first-order valence-corrected chi connectivity index (χ1v) is 14.6. The summed E-state index contributed by atoms with van der Waals surface area (Å²) in [7, 11) is 1.83. The van der Waals surface area contributed by atoms with Gasteiger partial charge in [-0.25, -0.2) is 0 Å². The fourth-order valence-electron chi connectivity index (χ4n) is 5.25. The third kappa shape index (κ3) is 8.39. The van der Waals surface area contributed by atoms with Crippen molar-refractivity contribution in [3.63, 3.8) is 0 Å². The van der Waals surface area contributed by atoms with Crippen LogP contribution in [0.2, 0.25) is 0 Å². The molecule has 0 spiro atoms. The van der Waals surface area contributed by atoms with Gasteiger partial charge < -0.3 is 21.1 Å². The highest BCUT2D eigenvalue weighted by atomic mass is 16.5. The molecule has 1 aliphatic rings. The van der Waals surface area contributed by atoms with Crippen LogP contribution in [0.25, 0.3) is 0 Å². The van der Waals surface area contributed by atoms with Gasteiger partial charge in [0.25, 0.3) is 0 Å². The maximum Gasteiger partial charge on any atom is 0.243 e. The van der Waals surface area contributed by atoms with E-state index in [1.54, 1.807) is 10.9 Å². The lowest BCUT2D eigenvalue weighted by molar-refractivity contribution is -0.132. The van der Waals surface area contributed by atoms with E-state index in [-0.39, 0.29) is 25.0 Å². The molecule has 0 radical (unpaired) electrons. The minimum Gasteiger partial charge on any atom is -0.457 e. The molecule has 0 saturated carbocycles. The zero-order valence-electron chi connectivity index (χ0n) is 24.2. The monoisotopic (exact) mass is 579 g/mol. The molecule has 9 nitrogen and oxygen atoms in total. The molecule has 0 unspecified atom stereocenters. The minimum atomic E-state index is -0.879. The first-order valence-electron chi connectivity index (χ1n) is 14.6. The molecule has 3 atom stereocenters. The van der Waals surface area contributed by atoms with Crippen LogP contribution in [0.3, 0.4) is 0 Å². The van der Waals surface area contributed by atoms with E-state index in [0.29, 0.717) is 30.8 Å². The number of aryl methyl sites for hydroxylation is 3. The third-order valence-electron chi connectivity index (χ3n) is 7.59. The van der Waals surface area contributed by atoms with Gasteiger partial charge in [0.2, 0.25) is 11.8 Å². The summed E-state index contributed by atoms with van der Waals surface area (Å²) < 4.78 is 7.81. The normalized spacial score (nSPS) is 19.2. The first kappa shape index (κ1) is 29.7. The van der Waals surface area contributed by atoms with E-state index in [1.165, 1.54) is 0 Å². The number of nitrogens with zero attached hydrogens (tertiary/aromatic N) is 2. The Kier molecular flexibility index (Phi) is 9.63. The van der Waals surface area contributed by atoms with Crippen molar-refractivity contribution in [3.8, 4) is 11.5 Å². The molecule has 2 amide bonds. The second kappa shape index (κ2) is 13.9. The van der Waals surface area contributed by atoms with Crippen LogP contribution < -0.4 is 21.1 Å². The van der Waals surface area contributed by atoms with Gasteiger partial charge in [-0.05, 0) is 78.6 Å². The van der Waals surface area contributed by atoms with Gasteiger partial charge >= 0.3 is 0 Å². The number of carbonyl (C=O) groups is 3. The maximum atomic E-state index is 13.8. The number of Topliss-reactive ketones (excluding diaryl/α,β-unsaturated/α-hetero) is 1. The number of benzene rings is 3. The van der Waals surface area contributed by atoms with Gasteiger partial charge in [0.15, 0.2) is 5.78 Å². The molecule has 4 aromatic rings. The third-order valence-corrected chi connectivity index (χ3v) is 7.59. The highest BCUT2D eigenvalue weighted by molar-refractivity contribution is 5.94. The van der Waals surface area contributed by atoms with Crippen LogP contribution in [0.4, 0.5) is 0 Å². The molecule has 1 aliphatic heterocycles. The fraction of sp³-hybridized carbons (Fsp3) is 0.294. The molecule has 4 N–H and O–H groups in total. The van der Waals surface area contributed by atoms with E-state index >= 15 is 0 Å². The van der Waals surface area contributed by atoms with Gasteiger partial charge in [0.05, 0.1) is 18.3 Å². The molecular formula is C34H37N5O4. The van der Waals surface area contributed by atoms with E-state index in [1.807, 2.05) is 92.1 Å². The standard InChI is InChI=1S/C34H37N5O4/c1-39-22-26(21-36-39)14-16-32(40)31-20-25-10-6-12-28(18-25)43-27-11-5-9-24(17-27)19-29(35)33(41)37-30(34(42)38-31)15-13-23-7-3-2-4-8-23/h2-12,17-18,21-22,29-31H,13-16,19-20,35H2,1H3,(H,37,41)(H,38,42)/t29-,30-,31-/m0/s1. The van der Waals surface area contributed by atoms with Gasteiger partial charge in [-0.3, -0.25) is 19.1 Å². The smallest absolute Gasteiger partial charge is 0.243 e. The average molecular weight is 580 g/mol. The van der Waals surface area contributed by atoms with E-state index in [2.05, 4.69) is 15.7 Å². The second-order valence-electron chi connectivity index (χ2n) is 11.0. The predicted molar refractivity (Wildman–Crippen MR) is 164 cm³/mol. The molecule has 222 valence electrons. The van der Waals surface area contributed by atoms with Crippen molar-refractivity contribution in [1.82, 2.24) is 20.4 Å². The van der Waals surface area contributed by atoms with Gasteiger partial charge in [0.1, 0.15) is 17.5 Å². The highest BCUT2D eigenvalue weighted by Gasteiger charge is 2.28. The topological polar surface area (TPSA) is 128 Å². The number of hydrogen-bond acceptors (Lipinski definition) is 6. The second-order valence-corrected chi connectivity index (χ2v) is 11.0.